The third-order valence-electron chi connectivity index (χ3n) is 6.74. The summed E-state index contributed by atoms with van der Waals surface area (Å²) in [6, 6.07) is 7.02. The minimum Gasteiger partial charge on any atom is -0.480 e. The molecule has 28 heavy (non-hydrogen) atoms. The molecule has 4 rings (SSSR count). The molecule has 1 unspecified atom stereocenters. The molecule has 6 heteroatoms. The van der Waals surface area contributed by atoms with Gasteiger partial charge in [0, 0.05) is 31.1 Å². The molecule has 1 aromatic rings. The summed E-state index contributed by atoms with van der Waals surface area (Å²) in [4.78, 5) is 40.8. The van der Waals surface area contributed by atoms with Crippen molar-refractivity contribution in [3.05, 3.63) is 35.4 Å². The van der Waals surface area contributed by atoms with E-state index in [1.807, 2.05) is 36.1 Å². The Hall–Kier alpha value is -2.37. The van der Waals surface area contributed by atoms with Crippen molar-refractivity contribution >= 4 is 17.8 Å². The first-order valence-electron chi connectivity index (χ1n) is 10.3. The number of aliphatic carboxylic acids is 1. The van der Waals surface area contributed by atoms with Crippen molar-refractivity contribution in [2.45, 2.75) is 51.5 Å². The van der Waals surface area contributed by atoms with E-state index in [9.17, 15) is 19.5 Å². The minimum absolute atomic E-state index is 0.0136. The Morgan fingerprint density at radius 3 is 2.43 bits per heavy atom. The Labute approximate surface area is 165 Å². The zero-order valence-corrected chi connectivity index (χ0v) is 16.4. The van der Waals surface area contributed by atoms with Gasteiger partial charge in [0.2, 0.25) is 5.91 Å². The van der Waals surface area contributed by atoms with Crippen molar-refractivity contribution in [2.75, 3.05) is 19.6 Å². The summed E-state index contributed by atoms with van der Waals surface area (Å²) in [7, 11) is 0. The molecule has 6 nitrogen and oxygen atoms in total. The molecule has 1 spiro atoms. The summed E-state index contributed by atoms with van der Waals surface area (Å²) < 4.78 is 0. The standard InChI is InChI=1S/C22H28N2O4/c1-2-15-5-3-4-6-17(15)20(26)23-11-9-22(10-12-23)13-18(21(27)28)24(14-22)19(25)16-7-8-16/h3-6,16,18H,2,7-14H2,1H3,(H,27,28). The van der Waals surface area contributed by atoms with Crippen LogP contribution in [-0.4, -0.2) is 58.4 Å². The van der Waals surface area contributed by atoms with Gasteiger partial charge in [-0.05, 0) is 55.6 Å². The van der Waals surface area contributed by atoms with Crippen LogP contribution in [0.2, 0.25) is 0 Å². The molecular formula is C22H28N2O4. The number of carbonyl (C=O) groups is 3. The predicted octanol–water partition coefficient (Wildman–Crippen LogP) is 2.57. The van der Waals surface area contributed by atoms with Crippen LogP contribution < -0.4 is 0 Å². The van der Waals surface area contributed by atoms with Gasteiger partial charge in [0.1, 0.15) is 6.04 Å². The number of likely N-dealkylation sites (tertiary alicyclic amines) is 2. The molecule has 1 N–H and O–H groups in total. The first-order chi connectivity index (χ1) is 13.4. The van der Waals surface area contributed by atoms with Crippen LogP contribution >= 0.6 is 0 Å². The Morgan fingerprint density at radius 2 is 1.82 bits per heavy atom. The number of carboxylic acids is 1. The number of nitrogens with zero attached hydrogens (tertiary/aromatic N) is 2. The van der Waals surface area contributed by atoms with E-state index in [4.69, 9.17) is 0 Å². The lowest BCUT2D eigenvalue weighted by Gasteiger charge is -2.39. The zero-order valence-electron chi connectivity index (χ0n) is 16.4. The number of benzene rings is 1. The van der Waals surface area contributed by atoms with Crippen LogP contribution in [0.4, 0.5) is 0 Å². The third-order valence-corrected chi connectivity index (χ3v) is 6.74. The van der Waals surface area contributed by atoms with Crippen molar-refractivity contribution in [1.82, 2.24) is 9.80 Å². The molecule has 3 aliphatic rings. The van der Waals surface area contributed by atoms with Crippen LogP contribution in [0, 0.1) is 11.3 Å². The van der Waals surface area contributed by atoms with Crippen LogP contribution in [-0.2, 0) is 16.0 Å². The predicted molar refractivity (Wildman–Crippen MR) is 104 cm³/mol. The van der Waals surface area contributed by atoms with Gasteiger partial charge in [0.15, 0.2) is 0 Å². The molecule has 3 fully saturated rings. The Balaban J connectivity index is 1.45. The SMILES string of the molecule is CCc1ccccc1C(=O)N1CCC2(CC1)CC(C(=O)O)N(C(=O)C1CC1)C2. The highest BCUT2D eigenvalue weighted by Crippen LogP contribution is 2.45. The summed E-state index contributed by atoms with van der Waals surface area (Å²) >= 11 is 0. The van der Waals surface area contributed by atoms with Gasteiger partial charge in [-0.1, -0.05) is 25.1 Å². The average molecular weight is 384 g/mol. The third kappa shape index (κ3) is 3.40. The van der Waals surface area contributed by atoms with Crippen LogP contribution in [0.3, 0.4) is 0 Å². The summed E-state index contributed by atoms with van der Waals surface area (Å²) in [5.74, 6) is -0.795. The molecular weight excluding hydrogens is 356 g/mol. The molecule has 1 aromatic carbocycles. The van der Waals surface area contributed by atoms with E-state index in [-0.39, 0.29) is 23.1 Å². The molecule has 2 heterocycles. The Bertz CT molecular complexity index is 793. The van der Waals surface area contributed by atoms with E-state index in [0.29, 0.717) is 26.1 Å². The topological polar surface area (TPSA) is 77.9 Å². The fourth-order valence-electron chi connectivity index (χ4n) is 4.83. The lowest BCUT2D eigenvalue weighted by Crippen LogP contribution is -2.45. The van der Waals surface area contributed by atoms with E-state index in [2.05, 4.69) is 0 Å². The molecule has 1 aliphatic carbocycles. The van der Waals surface area contributed by atoms with E-state index in [0.717, 1.165) is 43.2 Å². The molecule has 0 aromatic heterocycles. The fourth-order valence-corrected chi connectivity index (χ4v) is 4.83. The van der Waals surface area contributed by atoms with Crippen molar-refractivity contribution in [3.8, 4) is 0 Å². The Morgan fingerprint density at radius 1 is 1.14 bits per heavy atom. The summed E-state index contributed by atoms with van der Waals surface area (Å²) in [5, 5.41) is 9.64. The average Bonchev–Trinajstić information content (AvgIpc) is 3.49. The summed E-state index contributed by atoms with van der Waals surface area (Å²) in [6.45, 7) is 3.81. The van der Waals surface area contributed by atoms with Crippen molar-refractivity contribution in [2.24, 2.45) is 11.3 Å². The smallest absolute Gasteiger partial charge is 0.326 e. The minimum atomic E-state index is -0.902. The second-order valence-corrected chi connectivity index (χ2v) is 8.60. The maximum absolute atomic E-state index is 13.0. The number of rotatable bonds is 4. The van der Waals surface area contributed by atoms with E-state index in [1.54, 1.807) is 4.90 Å². The number of carboxylic acid groups (broad SMARTS) is 1. The molecule has 2 saturated heterocycles. The molecule has 2 aliphatic heterocycles. The molecule has 0 bridgehead atoms. The van der Waals surface area contributed by atoms with Gasteiger partial charge < -0.3 is 14.9 Å². The van der Waals surface area contributed by atoms with Gasteiger partial charge in [-0.2, -0.15) is 0 Å². The van der Waals surface area contributed by atoms with Crippen molar-refractivity contribution in [3.63, 3.8) is 0 Å². The second kappa shape index (κ2) is 7.22. The normalized spacial score (nSPS) is 23.8. The molecule has 150 valence electrons. The van der Waals surface area contributed by atoms with Gasteiger partial charge in [-0.3, -0.25) is 9.59 Å². The first-order valence-corrected chi connectivity index (χ1v) is 10.3. The highest BCUT2D eigenvalue weighted by Gasteiger charge is 2.52. The van der Waals surface area contributed by atoms with Gasteiger partial charge in [0.05, 0.1) is 0 Å². The summed E-state index contributed by atoms with van der Waals surface area (Å²) in [5.41, 5.74) is 1.65. The molecule has 1 atom stereocenters. The molecule has 2 amide bonds. The maximum Gasteiger partial charge on any atom is 0.326 e. The Kier molecular flexibility index (Phi) is 4.89. The first kappa shape index (κ1) is 19.0. The highest BCUT2D eigenvalue weighted by atomic mass is 16.4. The lowest BCUT2D eigenvalue weighted by atomic mass is 9.76. The number of hydrogen-bond acceptors (Lipinski definition) is 3. The van der Waals surface area contributed by atoms with Crippen molar-refractivity contribution < 1.29 is 19.5 Å². The number of hydrogen-bond donors (Lipinski definition) is 1. The van der Waals surface area contributed by atoms with Crippen LogP contribution in [0.15, 0.2) is 24.3 Å². The number of carbonyl (C=O) groups excluding carboxylic acids is 2. The highest BCUT2D eigenvalue weighted by molar-refractivity contribution is 5.95. The fraction of sp³-hybridized carbons (Fsp3) is 0.591. The van der Waals surface area contributed by atoms with Crippen molar-refractivity contribution in [1.29, 1.82) is 0 Å². The monoisotopic (exact) mass is 384 g/mol. The van der Waals surface area contributed by atoms with E-state index < -0.39 is 12.0 Å². The van der Waals surface area contributed by atoms with Crippen LogP contribution in [0.1, 0.15) is 54.9 Å². The number of amides is 2. The number of piperidine rings is 1. The zero-order chi connectivity index (χ0) is 19.9. The number of aryl methyl sites for hydroxylation is 1. The van der Waals surface area contributed by atoms with Gasteiger partial charge in [-0.15, -0.1) is 0 Å². The maximum atomic E-state index is 13.0. The lowest BCUT2D eigenvalue weighted by molar-refractivity contribution is -0.148. The largest absolute Gasteiger partial charge is 0.480 e. The second-order valence-electron chi connectivity index (χ2n) is 8.60. The van der Waals surface area contributed by atoms with Crippen LogP contribution in [0.5, 0.6) is 0 Å². The molecule has 0 radical (unpaired) electrons. The van der Waals surface area contributed by atoms with Gasteiger partial charge in [0.25, 0.3) is 5.91 Å². The van der Waals surface area contributed by atoms with Crippen LogP contribution in [0.25, 0.3) is 0 Å². The quantitative estimate of drug-likeness (QED) is 0.865. The van der Waals surface area contributed by atoms with Gasteiger partial charge >= 0.3 is 5.97 Å². The van der Waals surface area contributed by atoms with E-state index >= 15 is 0 Å². The van der Waals surface area contributed by atoms with Gasteiger partial charge in [-0.25, -0.2) is 4.79 Å². The molecule has 1 saturated carbocycles. The van der Waals surface area contributed by atoms with E-state index in [1.165, 1.54) is 0 Å². The summed E-state index contributed by atoms with van der Waals surface area (Å²) in [6.07, 6.45) is 4.60.